The van der Waals surface area contributed by atoms with Gasteiger partial charge in [-0.15, -0.1) is 0 Å². The first-order valence-corrected chi connectivity index (χ1v) is 9.64. The number of amides is 1. The van der Waals surface area contributed by atoms with Gasteiger partial charge >= 0.3 is 0 Å². The van der Waals surface area contributed by atoms with Crippen LogP contribution in [-0.4, -0.2) is 47.0 Å². The van der Waals surface area contributed by atoms with Crippen LogP contribution in [0, 0.1) is 5.92 Å². The van der Waals surface area contributed by atoms with Gasteiger partial charge in [0.1, 0.15) is 0 Å². The molecule has 0 radical (unpaired) electrons. The Morgan fingerprint density at radius 1 is 1.21 bits per heavy atom. The number of hydrogen-bond acceptors (Lipinski definition) is 5. The average Bonchev–Trinajstić information content (AvgIpc) is 3.35. The highest BCUT2D eigenvalue weighted by Gasteiger charge is 2.32. The zero-order valence-corrected chi connectivity index (χ0v) is 15.5. The van der Waals surface area contributed by atoms with E-state index in [-0.39, 0.29) is 17.9 Å². The molecule has 4 heterocycles. The number of H-pyrrole nitrogens is 1. The molecule has 0 aliphatic carbocycles. The number of benzene rings is 1. The molecule has 7 heteroatoms. The van der Waals surface area contributed by atoms with E-state index in [1.54, 1.807) is 0 Å². The van der Waals surface area contributed by atoms with Crippen molar-refractivity contribution in [2.24, 2.45) is 5.92 Å². The Balaban J connectivity index is 1.33. The summed E-state index contributed by atoms with van der Waals surface area (Å²) in [5, 5.41) is 11.5. The van der Waals surface area contributed by atoms with E-state index < -0.39 is 0 Å². The van der Waals surface area contributed by atoms with Crippen LogP contribution in [0.4, 0.5) is 0 Å². The van der Waals surface area contributed by atoms with Gasteiger partial charge in [-0.25, -0.2) is 0 Å². The summed E-state index contributed by atoms with van der Waals surface area (Å²) in [4.78, 5) is 17.3. The SMILES string of the molecule is O=C(N[C@@H]1COC[C@H]1Cc1ccnc2ccccc12)c1n[nH]c2c1COCC2. The van der Waals surface area contributed by atoms with Crippen molar-refractivity contribution in [2.75, 3.05) is 19.8 Å². The van der Waals surface area contributed by atoms with Crippen LogP contribution >= 0.6 is 0 Å². The molecule has 0 saturated carbocycles. The lowest BCUT2D eigenvalue weighted by atomic mass is 9.93. The van der Waals surface area contributed by atoms with E-state index in [4.69, 9.17) is 9.47 Å². The minimum atomic E-state index is -0.164. The largest absolute Gasteiger partial charge is 0.379 e. The molecular formula is C21H22N4O3. The molecule has 3 aromatic rings. The van der Waals surface area contributed by atoms with Crippen LogP contribution in [0.25, 0.3) is 10.9 Å². The Labute approximate surface area is 162 Å². The predicted molar refractivity (Wildman–Crippen MR) is 103 cm³/mol. The van der Waals surface area contributed by atoms with Crippen LogP contribution in [0.2, 0.25) is 0 Å². The summed E-state index contributed by atoms with van der Waals surface area (Å²) in [5.41, 5.74) is 4.53. The van der Waals surface area contributed by atoms with Crippen molar-refractivity contribution in [2.45, 2.75) is 25.5 Å². The Hall–Kier alpha value is -2.77. The average molecular weight is 378 g/mol. The summed E-state index contributed by atoms with van der Waals surface area (Å²) in [7, 11) is 0. The number of para-hydroxylation sites is 1. The first-order chi connectivity index (χ1) is 13.8. The van der Waals surface area contributed by atoms with Crippen molar-refractivity contribution in [1.82, 2.24) is 20.5 Å². The number of fused-ring (bicyclic) bond motifs is 2. The van der Waals surface area contributed by atoms with Crippen LogP contribution in [0.1, 0.15) is 27.3 Å². The van der Waals surface area contributed by atoms with Gasteiger partial charge < -0.3 is 14.8 Å². The lowest BCUT2D eigenvalue weighted by Crippen LogP contribution is -2.41. The van der Waals surface area contributed by atoms with Gasteiger partial charge in [0, 0.05) is 35.2 Å². The van der Waals surface area contributed by atoms with Gasteiger partial charge in [0.2, 0.25) is 0 Å². The molecule has 1 saturated heterocycles. The molecule has 28 heavy (non-hydrogen) atoms. The number of rotatable bonds is 4. The lowest BCUT2D eigenvalue weighted by molar-refractivity contribution is 0.0899. The number of pyridine rings is 1. The second-order valence-electron chi connectivity index (χ2n) is 7.40. The molecule has 0 unspecified atom stereocenters. The number of ether oxygens (including phenoxy) is 2. The number of aromatic amines is 1. The first kappa shape index (κ1) is 17.3. The molecule has 144 valence electrons. The van der Waals surface area contributed by atoms with E-state index in [1.807, 2.05) is 24.4 Å². The molecule has 2 aromatic heterocycles. The van der Waals surface area contributed by atoms with Crippen molar-refractivity contribution >= 4 is 16.8 Å². The molecule has 1 aromatic carbocycles. The number of nitrogens with zero attached hydrogens (tertiary/aromatic N) is 2. The quantitative estimate of drug-likeness (QED) is 0.725. The van der Waals surface area contributed by atoms with Crippen LogP contribution < -0.4 is 5.32 Å². The van der Waals surface area contributed by atoms with E-state index in [0.29, 0.717) is 32.1 Å². The molecule has 2 atom stereocenters. The molecule has 2 aliphatic heterocycles. The predicted octanol–water partition coefficient (Wildman–Crippen LogP) is 2.02. The van der Waals surface area contributed by atoms with Crippen molar-refractivity contribution < 1.29 is 14.3 Å². The second kappa shape index (κ2) is 7.33. The van der Waals surface area contributed by atoms with Gasteiger partial charge in [-0.2, -0.15) is 5.10 Å². The van der Waals surface area contributed by atoms with E-state index >= 15 is 0 Å². The lowest BCUT2D eigenvalue weighted by Gasteiger charge is -2.20. The van der Waals surface area contributed by atoms with Gasteiger partial charge in [-0.1, -0.05) is 18.2 Å². The minimum absolute atomic E-state index is 0.0451. The van der Waals surface area contributed by atoms with Gasteiger partial charge in [-0.05, 0) is 24.1 Å². The molecule has 5 rings (SSSR count). The summed E-state index contributed by atoms with van der Waals surface area (Å²) in [6.07, 6.45) is 3.44. The Bertz CT molecular complexity index is 1010. The molecule has 1 amide bonds. The van der Waals surface area contributed by atoms with Crippen molar-refractivity contribution in [3.05, 3.63) is 59.0 Å². The summed E-state index contributed by atoms with van der Waals surface area (Å²) in [6, 6.07) is 10.1. The fraction of sp³-hybridized carbons (Fsp3) is 0.381. The monoisotopic (exact) mass is 378 g/mol. The van der Waals surface area contributed by atoms with Crippen molar-refractivity contribution in [3.63, 3.8) is 0 Å². The minimum Gasteiger partial charge on any atom is -0.379 e. The number of nitrogens with one attached hydrogen (secondary N) is 2. The molecule has 1 fully saturated rings. The molecule has 7 nitrogen and oxygen atoms in total. The molecule has 2 aliphatic rings. The van der Waals surface area contributed by atoms with Crippen molar-refractivity contribution in [3.8, 4) is 0 Å². The van der Waals surface area contributed by atoms with Gasteiger partial charge in [0.15, 0.2) is 5.69 Å². The number of carbonyl (C=O) groups is 1. The summed E-state index contributed by atoms with van der Waals surface area (Å²) < 4.78 is 11.2. The van der Waals surface area contributed by atoms with Gasteiger partial charge in [-0.3, -0.25) is 14.9 Å². The van der Waals surface area contributed by atoms with Crippen LogP contribution in [0.15, 0.2) is 36.5 Å². The maximum absolute atomic E-state index is 12.8. The third-order valence-corrected chi connectivity index (χ3v) is 5.65. The molecular weight excluding hydrogens is 356 g/mol. The zero-order chi connectivity index (χ0) is 18.9. The highest BCUT2D eigenvalue weighted by molar-refractivity contribution is 5.94. The van der Waals surface area contributed by atoms with E-state index in [1.165, 1.54) is 5.56 Å². The summed E-state index contributed by atoms with van der Waals surface area (Å²) in [5.74, 6) is 0.0452. The number of aromatic nitrogens is 3. The number of carbonyl (C=O) groups excluding carboxylic acids is 1. The zero-order valence-electron chi connectivity index (χ0n) is 15.5. The fourth-order valence-corrected chi connectivity index (χ4v) is 4.11. The summed E-state index contributed by atoms with van der Waals surface area (Å²) >= 11 is 0. The van der Waals surface area contributed by atoms with Gasteiger partial charge in [0.25, 0.3) is 5.91 Å². The standard InChI is InChI=1S/C21H22N4O3/c26-21(20-16-11-27-8-6-18(16)24-25-20)23-19-12-28-10-14(19)9-13-5-7-22-17-4-2-1-3-15(13)17/h1-5,7,14,19H,6,8-12H2,(H,23,26)(H,24,25)/t14-,19-/m1/s1. The van der Waals surface area contributed by atoms with E-state index in [0.717, 1.165) is 35.0 Å². The fourth-order valence-electron chi connectivity index (χ4n) is 4.11. The molecule has 0 spiro atoms. The third-order valence-electron chi connectivity index (χ3n) is 5.65. The van der Waals surface area contributed by atoms with Crippen LogP contribution in [-0.2, 0) is 28.9 Å². The maximum atomic E-state index is 12.8. The second-order valence-corrected chi connectivity index (χ2v) is 7.40. The molecule has 2 N–H and O–H groups in total. The normalized spacial score (nSPS) is 21.6. The van der Waals surface area contributed by atoms with E-state index in [2.05, 4.69) is 32.6 Å². The number of hydrogen-bond donors (Lipinski definition) is 2. The topological polar surface area (TPSA) is 89.1 Å². The summed E-state index contributed by atoms with van der Waals surface area (Å²) in [6.45, 7) is 2.24. The van der Waals surface area contributed by atoms with Crippen LogP contribution in [0.3, 0.4) is 0 Å². The smallest absolute Gasteiger partial charge is 0.272 e. The highest BCUT2D eigenvalue weighted by atomic mass is 16.5. The van der Waals surface area contributed by atoms with E-state index in [9.17, 15) is 4.79 Å². The highest BCUT2D eigenvalue weighted by Crippen LogP contribution is 2.25. The van der Waals surface area contributed by atoms with Crippen LogP contribution in [0.5, 0.6) is 0 Å². The Morgan fingerprint density at radius 2 is 2.14 bits per heavy atom. The first-order valence-electron chi connectivity index (χ1n) is 9.64. The van der Waals surface area contributed by atoms with Gasteiger partial charge in [0.05, 0.1) is 38.0 Å². The Morgan fingerprint density at radius 3 is 3.11 bits per heavy atom. The Kier molecular flexibility index (Phi) is 4.54. The van der Waals surface area contributed by atoms with Crippen molar-refractivity contribution in [1.29, 1.82) is 0 Å². The molecule has 0 bridgehead atoms. The maximum Gasteiger partial charge on any atom is 0.272 e. The third kappa shape index (κ3) is 3.16.